The summed E-state index contributed by atoms with van der Waals surface area (Å²) >= 11 is 3.58. The Kier molecular flexibility index (Phi) is 3.55. The van der Waals surface area contributed by atoms with E-state index in [2.05, 4.69) is 65.1 Å². The van der Waals surface area contributed by atoms with Crippen molar-refractivity contribution >= 4 is 21.6 Å². The van der Waals surface area contributed by atoms with Crippen LogP contribution in [-0.4, -0.2) is 25.2 Å². The van der Waals surface area contributed by atoms with Crippen molar-refractivity contribution in [2.45, 2.75) is 32.9 Å². The quantitative estimate of drug-likeness (QED) is 0.852. The predicted molar refractivity (Wildman–Crippen MR) is 73.2 cm³/mol. The Morgan fingerprint density at radius 3 is 2.38 bits per heavy atom. The Morgan fingerprint density at radius 1 is 1.19 bits per heavy atom. The van der Waals surface area contributed by atoms with Crippen molar-refractivity contribution in [2.24, 2.45) is 0 Å². The third-order valence-corrected chi connectivity index (χ3v) is 3.61. The van der Waals surface area contributed by atoms with E-state index < -0.39 is 0 Å². The highest BCUT2D eigenvalue weighted by Gasteiger charge is 2.24. The van der Waals surface area contributed by atoms with E-state index in [0.29, 0.717) is 12.1 Å². The first-order valence-corrected chi connectivity index (χ1v) is 6.63. The number of rotatable bonds is 1. The summed E-state index contributed by atoms with van der Waals surface area (Å²) in [7, 11) is 0. The van der Waals surface area contributed by atoms with Crippen molar-refractivity contribution in [3.63, 3.8) is 0 Å². The molecule has 16 heavy (non-hydrogen) atoms. The van der Waals surface area contributed by atoms with Crippen LogP contribution in [0.4, 0.5) is 5.69 Å². The first-order chi connectivity index (χ1) is 7.58. The number of nitrogens with one attached hydrogen (secondary N) is 1. The summed E-state index contributed by atoms with van der Waals surface area (Å²) in [6.45, 7) is 8.83. The smallest absolute Gasteiger partial charge is 0.0389 e. The minimum atomic E-state index is 0.553. The lowest BCUT2D eigenvalue weighted by Crippen LogP contribution is -2.55. The van der Waals surface area contributed by atoms with Crippen LogP contribution in [0.15, 0.2) is 22.7 Å². The molecule has 0 aliphatic carbocycles. The zero-order valence-corrected chi connectivity index (χ0v) is 11.7. The number of aryl methyl sites for hydroxylation is 1. The average Bonchev–Trinajstić information content (AvgIpc) is 2.15. The van der Waals surface area contributed by atoms with Crippen LogP contribution >= 0.6 is 15.9 Å². The largest absolute Gasteiger partial charge is 0.364 e. The molecule has 1 fully saturated rings. The molecule has 0 aromatic heterocycles. The zero-order valence-electron chi connectivity index (χ0n) is 10.1. The fourth-order valence-corrected chi connectivity index (χ4v) is 3.10. The number of piperazine rings is 1. The number of hydrogen-bond acceptors (Lipinski definition) is 2. The molecule has 88 valence electrons. The molecule has 1 heterocycles. The molecule has 0 spiro atoms. The maximum absolute atomic E-state index is 3.58. The van der Waals surface area contributed by atoms with Gasteiger partial charge in [-0.15, -0.1) is 0 Å². The number of hydrogen-bond donors (Lipinski definition) is 1. The molecule has 1 aliphatic heterocycles. The van der Waals surface area contributed by atoms with Crippen LogP contribution in [0.25, 0.3) is 0 Å². The molecule has 3 heteroatoms. The van der Waals surface area contributed by atoms with E-state index in [0.717, 1.165) is 13.1 Å². The van der Waals surface area contributed by atoms with Crippen molar-refractivity contribution in [2.75, 3.05) is 18.0 Å². The van der Waals surface area contributed by atoms with Gasteiger partial charge < -0.3 is 10.2 Å². The first-order valence-electron chi connectivity index (χ1n) is 5.84. The van der Waals surface area contributed by atoms with Crippen molar-refractivity contribution in [1.29, 1.82) is 0 Å². The summed E-state index contributed by atoms with van der Waals surface area (Å²) in [6.07, 6.45) is 0. The van der Waals surface area contributed by atoms with Crippen molar-refractivity contribution in [3.8, 4) is 0 Å². The van der Waals surface area contributed by atoms with Gasteiger partial charge in [0.15, 0.2) is 0 Å². The summed E-state index contributed by atoms with van der Waals surface area (Å²) in [6, 6.07) is 7.74. The molecular weight excluding hydrogens is 264 g/mol. The molecule has 0 bridgehead atoms. The Hall–Kier alpha value is -0.540. The zero-order chi connectivity index (χ0) is 11.7. The van der Waals surface area contributed by atoms with Crippen LogP contribution in [0.5, 0.6) is 0 Å². The lowest BCUT2D eigenvalue weighted by Gasteiger charge is -2.41. The monoisotopic (exact) mass is 282 g/mol. The first kappa shape index (κ1) is 11.9. The van der Waals surface area contributed by atoms with E-state index in [1.54, 1.807) is 0 Å². The molecule has 0 radical (unpaired) electrons. The van der Waals surface area contributed by atoms with Gasteiger partial charge in [-0.3, -0.25) is 0 Å². The van der Waals surface area contributed by atoms with Crippen LogP contribution < -0.4 is 10.2 Å². The van der Waals surface area contributed by atoms with E-state index in [1.165, 1.54) is 15.7 Å². The molecule has 2 atom stereocenters. The molecule has 0 saturated carbocycles. The maximum atomic E-state index is 3.58. The molecule has 1 saturated heterocycles. The topological polar surface area (TPSA) is 15.3 Å². The van der Waals surface area contributed by atoms with E-state index in [9.17, 15) is 0 Å². The minimum absolute atomic E-state index is 0.553. The number of nitrogens with zero attached hydrogens (tertiary/aromatic N) is 1. The van der Waals surface area contributed by atoms with Gasteiger partial charge in [0.1, 0.15) is 0 Å². The fraction of sp³-hybridized carbons (Fsp3) is 0.538. The van der Waals surface area contributed by atoms with E-state index >= 15 is 0 Å². The van der Waals surface area contributed by atoms with Gasteiger partial charge in [-0.05, 0) is 44.5 Å². The Morgan fingerprint density at radius 2 is 1.81 bits per heavy atom. The molecule has 2 rings (SSSR count). The molecule has 2 unspecified atom stereocenters. The second-order valence-corrected chi connectivity index (χ2v) is 5.67. The van der Waals surface area contributed by atoms with Crippen LogP contribution in [0.2, 0.25) is 0 Å². The van der Waals surface area contributed by atoms with Gasteiger partial charge in [-0.25, -0.2) is 0 Å². The van der Waals surface area contributed by atoms with Crippen LogP contribution in [-0.2, 0) is 0 Å². The molecule has 1 aromatic rings. The Bertz CT molecular complexity index is 348. The third-order valence-electron chi connectivity index (χ3n) is 3.15. The fourth-order valence-electron chi connectivity index (χ4n) is 2.51. The minimum Gasteiger partial charge on any atom is -0.364 e. The van der Waals surface area contributed by atoms with Gasteiger partial charge in [0.05, 0.1) is 0 Å². The van der Waals surface area contributed by atoms with Crippen LogP contribution in [0.1, 0.15) is 19.4 Å². The van der Waals surface area contributed by atoms with Gasteiger partial charge in [-0.1, -0.05) is 15.9 Å². The molecule has 2 nitrogen and oxygen atoms in total. The van der Waals surface area contributed by atoms with Crippen molar-refractivity contribution < 1.29 is 0 Å². The summed E-state index contributed by atoms with van der Waals surface area (Å²) in [4.78, 5) is 2.51. The van der Waals surface area contributed by atoms with Gasteiger partial charge in [0, 0.05) is 35.3 Å². The molecule has 0 amide bonds. The lowest BCUT2D eigenvalue weighted by molar-refractivity contribution is 0.432. The number of halogens is 1. The van der Waals surface area contributed by atoms with E-state index in [1.807, 2.05) is 0 Å². The molecule has 1 N–H and O–H groups in total. The standard InChI is InChI=1S/C13H19BrN2/c1-9-4-12(14)6-13(5-9)16-10(2)7-15-8-11(16)3/h4-6,10-11,15H,7-8H2,1-3H3. The normalized spacial score (nSPS) is 25.9. The Labute approximate surface area is 106 Å². The highest BCUT2D eigenvalue weighted by Crippen LogP contribution is 2.26. The summed E-state index contributed by atoms with van der Waals surface area (Å²) in [5, 5.41) is 3.46. The SMILES string of the molecule is Cc1cc(Br)cc(N2C(C)CNCC2C)c1. The van der Waals surface area contributed by atoms with Crippen LogP contribution in [0.3, 0.4) is 0 Å². The number of anilines is 1. The lowest BCUT2D eigenvalue weighted by atomic mass is 10.1. The summed E-state index contributed by atoms with van der Waals surface area (Å²) in [5.41, 5.74) is 2.63. The van der Waals surface area contributed by atoms with Crippen LogP contribution in [0, 0.1) is 6.92 Å². The number of benzene rings is 1. The van der Waals surface area contributed by atoms with Crippen molar-refractivity contribution in [1.82, 2.24) is 5.32 Å². The highest BCUT2D eigenvalue weighted by atomic mass is 79.9. The van der Waals surface area contributed by atoms with E-state index in [-0.39, 0.29) is 0 Å². The molecular formula is C13H19BrN2. The molecule has 1 aliphatic rings. The van der Waals surface area contributed by atoms with E-state index in [4.69, 9.17) is 0 Å². The van der Waals surface area contributed by atoms with Gasteiger partial charge >= 0.3 is 0 Å². The maximum Gasteiger partial charge on any atom is 0.0389 e. The molecule has 1 aromatic carbocycles. The third kappa shape index (κ3) is 2.41. The average molecular weight is 283 g/mol. The highest BCUT2D eigenvalue weighted by molar-refractivity contribution is 9.10. The van der Waals surface area contributed by atoms with Gasteiger partial charge in [0.2, 0.25) is 0 Å². The van der Waals surface area contributed by atoms with Gasteiger partial charge in [-0.2, -0.15) is 0 Å². The summed E-state index contributed by atoms with van der Waals surface area (Å²) < 4.78 is 1.17. The predicted octanol–water partition coefficient (Wildman–Crippen LogP) is 2.94. The summed E-state index contributed by atoms with van der Waals surface area (Å²) in [5.74, 6) is 0. The second kappa shape index (κ2) is 4.76. The second-order valence-electron chi connectivity index (χ2n) is 4.75. The Balaban J connectivity index is 2.33. The van der Waals surface area contributed by atoms with Gasteiger partial charge in [0.25, 0.3) is 0 Å². The van der Waals surface area contributed by atoms with Crippen molar-refractivity contribution in [3.05, 3.63) is 28.2 Å².